The monoisotopic (exact) mass is 682 g/mol. The van der Waals surface area contributed by atoms with Crippen molar-refractivity contribution in [1.82, 2.24) is 5.43 Å². The number of hydrogen-bond acceptors (Lipinski definition) is 4. The molecule has 0 aromatic heterocycles. The van der Waals surface area contributed by atoms with Crippen LogP contribution in [0.5, 0.6) is 11.5 Å². The van der Waals surface area contributed by atoms with Crippen LogP contribution in [0.4, 0.5) is 0 Å². The van der Waals surface area contributed by atoms with Gasteiger partial charge in [0, 0.05) is 5.02 Å². The van der Waals surface area contributed by atoms with Crippen LogP contribution < -0.4 is 10.2 Å². The van der Waals surface area contributed by atoms with Crippen molar-refractivity contribution < 1.29 is 14.6 Å². The Morgan fingerprint density at radius 2 is 1.64 bits per heavy atom. The van der Waals surface area contributed by atoms with Crippen LogP contribution in [0, 0.1) is 7.14 Å². The third-order valence-electron chi connectivity index (χ3n) is 4.81. The van der Waals surface area contributed by atoms with E-state index >= 15 is 0 Å². The van der Waals surface area contributed by atoms with Gasteiger partial charge in [-0.15, -0.1) is 0 Å². The molecular weight excluding hydrogens is 666 g/mol. The quantitative estimate of drug-likeness (QED) is 0.134. The number of nitrogens with zero attached hydrogens (tertiary/aromatic N) is 1. The van der Waals surface area contributed by atoms with Gasteiger partial charge in [0.15, 0.2) is 0 Å². The molecular formula is C25H17ClI2N2O3. The number of phenols is 1. The Kier molecular flexibility index (Phi) is 7.71. The largest absolute Gasteiger partial charge is 0.507 e. The van der Waals surface area contributed by atoms with Crippen molar-refractivity contribution in [2.75, 3.05) is 0 Å². The first-order valence-corrected chi connectivity index (χ1v) is 12.4. The topological polar surface area (TPSA) is 70.9 Å². The van der Waals surface area contributed by atoms with Crippen LogP contribution in [0.3, 0.4) is 0 Å². The number of benzene rings is 4. The van der Waals surface area contributed by atoms with Gasteiger partial charge in [0.2, 0.25) is 0 Å². The van der Waals surface area contributed by atoms with Crippen molar-refractivity contribution >= 4 is 79.7 Å². The number of carbonyl (C=O) groups excluding carboxylic acids is 1. The number of nitrogens with one attached hydrogen (secondary N) is 1. The fraction of sp³-hybridized carbons (Fsp3) is 0.0400. The van der Waals surface area contributed by atoms with Crippen molar-refractivity contribution in [1.29, 1.82) is 0 Å². The zero-order valence-electron chi connectivity index (χ0n) is 17.1. The molecule has 0 heterocycles. The van der Waals surface area contributed by atoms with Crippen LogP contribution in [0.1, 0.15) is 21.5 Å². The zero-order valence-corrected chi connectivity index (χ0v) is 22.1. The maximum Gasteiger partial charge on any atom is 0.275 e. The number of carbonyl (C=O) groups is 1. The minimum absolute atomic E-state index is 0.0901. The highest BCUT2D eigenvalue weighted by atomic mass is 127. The van der Waals surface area contributed by atoms with Crippen molar-refractivity contribution in [2.24, 2.45) is 5.10 Å². The molecule has 0 aliphatic rings. The Morgan fingerprint density at radius 1 is 1.00 bits per heavy atom. The van der Waals surface area contributed by atoms with Crippen LogP contribution in [-0.2, 0) is 6.61 Å². The molecule has 2 N–H and O–H groups in total. The lowest BCUT2D eigenvalue weighted by Crippen LogP contribution is -2.17. The molecule has 0 spiro atoms. The molecule has 0 fully saturated rings. The third kappa shape index (κ3) is 5.96. The molecule has 4 aromatic rings. The summed E-state index contributed by atoms with van der Waals surface area (Å²) in [7, 11) is 0. The van der Waals surface area contributed by atoms with Gasteiger partial charge in [0.1, 0.15) is 18.1 Å². The Balaban J connectivity index is 1.43. The minimum atomic E-state index is -0.484. The number of ether oxygens (including phenoxy) is 1. The molecule has 0 atom stereocenters. The SMILES string of the molecule is O=C(NN=Cc1cc(I)c(OCc2ccc(Cl)cc2)c(I)c1)c1cc2ccccc2cc1O. The molecule has 1 amide bonds. The highest BCUT2D eigenvalue weighted by Gasteiger charge is 2.12. The lowest BCUT2D eigenvalue weighted by Gasteiger charge is -2.11. The summed E-state index contributed by atoms with van der Waals surface area (Å²) < 4.78 is 7.85. The second-order valence-corrected chi connectivity index (χ2v) is 9.91. The van der Waals surface area contributed by atoms with Crippen LogP contribution in [0.15, 0.2) is 77.9 Å². The number of hydrogen-bond donors (Lipinski definition) is 2. The Hall–Kier alpha value is -2.37. The van der Waals surface area contributed by atoms with E-state index in [1.54, 1.807) is 18.3 Å². The van der Waals surface area contributed by atoms with Crippen LogP contribution >= 0.6 is 56.8 Å². The molecule has 0 bridgehead atoms. The van der Waals surface area contributed by atoms with Gasteiger partial charge < -0.3 is 9.84 Å². The number of rotatable bonds is 6. The smallest absolute Gasteiger partial charge is 0.275 e. The van der Waals surface area contributed by atoms with Gasteiger partial charge in [0.25, 0.3) is 5.91 Å². The van der Waals surface area contributed by atoms with E-state index in [9.17, 15) is 9.90 Å². The predicted molar refractivity (Wildman–Crippen MR) is 148 cm³/mol. The minimum Gasteiger partial charge on any atom is -0.507 e. The maximum atomic E-state index is 12.5. The summed E-state index contributed by atoms with van der Waals surface area (Å²) in [6.45, 7) is 0.432. The molecule has 0 aliphatic heterocycles. The molecule has 0 unspecified atom stereocenters. The van der Waals surface area contributed by atoms with E-state index in [0.717, 1.165) is 34.8 Å². The molecule has 8 heteroatoms. The summed E-state index contributed by atoms with van der Waals surface area (Å²) >= 11 is 10.4. The standard InChI is InChI=1S/C25H17ClI2N2O3/c26-19-7-5-15(6-8-19)14-33-24-21(27)9-16(10-22(24)28)13-29-30-25(32)20-11-17-3-1-2-4-18(17)12-23(20)31/h1-13,31H,14H2,(H,30,32). The number of amides is 1. The first kappa shape index (κ1) is 23.8. The van der Waals surface area contributed by atoms with Gasteiger partial charge in [-0.25, -0.2) is 5.43 Å². The molecule has 33 heavy (non-hydrogen) atoms. The first-order valence-electron chi connectivity index (χ1n) is 9.82. The molecule has 0 saturated carbocycles. The molecule has 5 nitrogen and oxygen atoms in total. The van der Waals surface area contributed by atoms with Gasteiger partial charge in [-0.05, 0) is 103 Å². The number of hydrazone groups is 1. The Labute approximate surface area is 223 Å². The van der Waals surface area contributed by atoms with E-state index in [-0.39, 0.29) is 11.3 Å². The summed E-state index contributed by atoms with van der Waals surface area (Å²) in [5.74, 6) is 0.211. The third-order valence-corrected chi connectivity index (χ3v) is 6.66. The van der Waals surface area contributed by atoms with Gasteiger partial charge in [-0.1, -0.05) is 48.0 Å². The Morgan fingerprint density at radius 3 is 2.30 bits per heavy atom. The second-order valence-electron chi connectivity index (χ2n) is 7.14. The van der Waals surface area contributed by atoms with E-state index in [0.29, 0.717) is 11.6 Å². The van der Waals surface area contributed by atoms with Crippen LogP contribution in [-0.4, -0.2) is 17.2 Å². The predicted octanol–water partition coefficient (Wildman–Crippen LogP) is 6.75. The number of phenolic OH excluding ortho intramolecular Hbond substituents is 1. The average Bonchev–Trinajstić information content (AvgIpc) is 2.79. The van der Waals surface area contributed by atoms with Crippen molar-refractivity contribution in [3.63, 3.8) is 0 Å². The normalized spacial score (nSPS) is 11.1. The van der Waals surface area contributed by atoms with Crippen molar-refractivity contribution in [3.8, 4) is 11.5 Å². The van der Waals surface area contributed by atoms with Gasteiger partial charge in [0.05, 0.1) is 18.9 Å². The van der Waals surface area contributed by atoms with E-state index in [1.165, 1.54) is 0 Å². The van der Waals surface area contributed by atoms with E-state index in [4.69, 9.17) is 16.3 Å². The maximum absolute atomic E-state index is 12.5. The highest BCUT2D eigenvalue weighted by molar-refractivity contribution is 14.1. The molecule has 0 saturated heterocycles. The zero-order chi connectivity index (χ0) is 23.4. The summed E-state index contributed by atoms with van der Waals surface area (Å²) in [5, 5.41) is 16.7. The molecule has 166 valence electrons. The fourth-order valence-electron chi connectivity index (χ4n) is 3.16. The van der Waals surface area contributed by atoms with E-state index in [1.807, 2.05) is 60.7 Å². The molecule has 4 aromatic carbocycles. The molecule has 0 radical (unpaired) electrons. The van der Waals surface area contributed by atoms with Crippen molar-refractivity contribution in [3.05, 3.63) is 102 Å². The van der Waals surface area contributed by atoms with Gasteiger partial charge >= 0.3 is 0 Å². The number of fused-ring (bicyclic) bond motifs is 1. The van der Waals surface area contributed by atoms with E-state index in [2.05, 4.69) is 55.7 Å². The number of halogens is 3. The van der Waals surface area contributed by atoms with Crippen molar-refractivity contribution in [2.45, 2.75) is 6.61 Å². The summed E-state index contributed by atoms with van der Waals surface area (Å²) in [6, 6.07) is 22.1. The van der Waals surface area contributed by atoms with Crippen LogP contribution in [0.25, 0.3) is 10.8 Å². The molecule has 4 rings (SSSR count). The van der Waals surface area contributed by atoms with Gasteiger partial charge in [-0.3, -0.25) is 4.79 Å². The average molecular weight is 683 g/mol. The number of aromatic hydroxyl groups is 1. The van der Waals surface area contributed by atoms with Gasteiger partial charge in [-0.2, -0.15) is 5.10 Å². The fourth-order valence-corrected chi connectivity index (χ4v) is 5.42. The summed E-state index contributed by atoms with van der Waals surface area (Å²) in [4.78, 5) is 12.5. The highest BCUT2D eigenvalue weighted by Crippen LogP contribution is 2.29. The van der Waals surface area contributed by atoms with Crippen LogP contribution in [0.2, 0.25) is 5.02 Å². The summed E-state index contributed by atoms with van der Waals surface area (Å²) in [5.41, 5.74) is 4.48. The second kappa shape index (κ2) is 10.7. The lowest BCUT2D eigenvalue weighted by atomic mass is 10.1. The Bertz CT molecular complexity index is 1330. The summed E-state index contributed by atoms with van der Waals surface area (Å²) in [6.07, 6.45) is 1.56. The molecule has 0 aliphatic carbocycles. The lowest BCUT2D eigenvalue weighted by molar-refractivity contribution is 0.0952. The first-order chi connectivity index (χ1) is 15.9. The van der Waals surface area contributed by atoms with E-state index < -0.39 is 5.91 Å².